The maximum atomic E-state index is 12.9. The van der Waals surface area contributed by atoms with Crippen LogP contribution in [0.25, 0.3) is 17.2 Å². The molecule has 2 rings (SSSR count). The monoisotopic (exact) mass is 284 g/mol. The van der Waals surface area contributed by atoms with Crippen LogP contribution >= 0.6 is 0 Å². The van der Waals surface area contributed by atoms with Gasteiger partial charge in [-0.25, -0.2) is 4.39 Å². The lowest BCUT2D eigenvalue weighted by Gasteiger charge is -2.02. The van der Waals surface area contributed by atoms with Crippen LogP contribution in [0.3, 0.4) is 0 Å². The van der Waals surface area contributed by atoms with Gasteiger partial charge in [0, 0.05) is 6.42 Å². The topological polar surface area (TPSA) is 37.3 Å². The van der Waals surface area contributed by atoms with Crippen molar-refractivity contribution in [2.75, 3.05) is 0 Å². The van der Waals surface area contributed by atoms with Crippen molar-refractivity contribution in [3.63, 3.8) is 0 Å². The van der Waals surface area contributed by atoms with E-state index in [0.717, 1.165) is 23.1 Å². The van der Waals surface area contributed by atoms with Gasteiger partial charge in [0.05, 0.1) is 0 Å². The average Bonchev–Trinajstić information content (AvgIpc) is 2.48. The van der Waals surface area contributed by atoms with E-state index in [1.807, 2.05) is 36.4 Å². The minimum atomic E-state index is -0.757. The Hall–Kier alpha value is -2.42. The second kappa shape index (κ2) is 7.39. The van der Waals surface area contributed by atoms with E-state index in [2.05, 4.69) is 0 Å². The number of hydrogen-bond donors (Lipinski definition) is 1. The highest BCUT2D eigenvalue weighted by molar-refractivity contribution is 5.67. The standard InChI is InChI=1S/C18H17FO2/c19-17-12-10-16(11-13-17)15-8-6-14(7-9-15)4-2-1-3-5-18(20)21/h2,4,6-13H,1,3,5H2,(H,20,21)/b4-2+. The summed E-state index contributed by atoms with van der Waals surface area (Å²) in [5, 5.41) is 8.54. The first kappa shape index (κ1) is 15.0. The van der Waals surface area contributed by atoms with Gasteiger partial charge < -0.3 is 5.11 Å². The van der Waals surface area contributed by atoms with Gasteiger partial charge in [0.1, 0.15) is 5.82 Å². The molecule has 0 aliphatic heterocycles. The predicted molar refractivity (Wildman–Crippen MR) is 82.4 cm³/mol. The molecule has 0 saturated carbocycles. The molecule has 108 valence electrons. The zero-order valence-corrected chi connectivity index (χ0v) is 11.6. The molecule has 0 amide bonds. The molecule has 3 heteroatoms. The summed E-state index contributed by atoms with van der Waals surface area (Å²) in [4.78, 5) is 10.4. The number of aliphatic carboxylic acids is 1. The SMILES string of the molecule is O=C(O)CCC/C=C/c1ccc(-c2ccc(F)cc2)cc1. The van der Waals surface area contributed by atoms with Crippen LogP contribution in [0.15, 0.2) is 54.6 Å². The largest absolute Gasteiger partial charge is 0.481 e. The minimum Gasteiger partial charge on any atom is -0.481 e. The summed E-state index contributed by atoms with van der Waals surface area (Å²) < 4.78 is 12.9. The fourth-order valence-electron chi connectivity index (χ4n) is 2.02. The van der Waals surface area contributed by atoms with Crippen LogP contribution in [0.5, 0.6) is 0 Å². The number of unbranched alkanes of at least 4 members (excludes halogenated alkanes) is 1. The normalized spacial score (nSPS) is 10.9. The first-order valence-electron chi connectivity index (χ1n) is 6.89. The van der Waals surface area contributed by atoms with Gasteiger partial charge in [-0.05, 0) is 41.7 Å². The van der Waals surface area contributed by atoms with Gasteiger partial charge in [0.25, 0.3) is 0 Å². The van der Waals surface area contributed by atoms with E-state index in [-0.39, 0.29) is 12.2 Å². The lowest BCUT2D eigenvalue weighted by Crippen LogP contribution is -1.92. The fraction of sp³-hybridized carbons (Fsp3) is 0.167. The van der Waals surface area contributed by atoms with Gasteiger partial charge in [-0.15, -0.1) is 0 Å². The summed E-state index contributed by atoms with van der Waals surface area (Å²) in [5.74, 6) is -0.994. The summed E-state index contributed by atoms with van der Waals surface area (Å²) in [6.45, 7) is 0. The van der Waals surface area contributed by atoms with Gasteiger partial charge >= 0.3 is 5.97 Å². The van der Waals surface area contributed by atoms with E-state index in [4.69, 9.17) is 5.11 Å². The maximum absolute atomic E-state index is 12.9. The summed E-state index contributed by atoms with van der Waals surface area (Å²) >= 11 is 0. The molecule has 0 radical (unpaired) electrons. The first-order valence-corrected chi connectivity index (χ1v) is 6.89. The van der Waals surface area contributed by atoms with Gasteiger partial charge in [0.2, 0.25) is 0 Å². The van der Waals surface area contributed by atoms with Crippen LogP contribution in [-0.2, 0) is 4.79 Å². The molecule has 21 heavy (non-hydrogen) atoms. The van der Waals surface area contributed by atoms with E-state index in [1.165, 1.54) is 12.1 Å². The molecule has 0 saturated heterocycles. The molecular weight excluding hydrogens is 267 g/mol. The average molecular weight is 284 g/mol. The van der Waals surface area contributed by atoms with E-state index in [1.54, 1.807) is 12.1 Å². The third-order valence-corrected chi connectivity index (χ3v) is 3.16. The molecule has 2 aromatic carbocycles. The van der Waals surface area contributed by atoms with Crippen molar-refractivity contribution in [1.29, 1.82) is 0 Å². The lowest BCUT2D eigenvalue weighted by atomic mass is 10.0. The first-order chi connectivity index (χ1) is 10.1. The summed E-state index contributed by atoms with van der Waals surface area (Å²) in [6, 6.07) is 14.4. The molecule has 0 spiro atoms. The zero-order chi connectivity index (χ0) is 15.1. The lowest BCUT2D eigenvalue weighted by molar-refractivity contribution is -0.137. The van der Waals surface area contributed by atoms with Crippen molar-refractivity contribution in [2.45, 2.75) is 19.3 Å². The van der Waals surface area contributed by atoms with Gasteiger partial charge in [-0.2, -0.15) is 0 Å². The van der Waals surface area contributed by atoms with Crippen LogP contribution in [-0.4, -0.2) is 11.1 Å². The summed E-state index contributed by atoms with van der Waals surface area (Å²) in [5.41, 5.74) is 3.09. The highest BCUT2D eigenvalue weighted by Gasteiger charge is 1.98. The zero-order valence-electron chi connectivity index (χ0n) is 11.6. The molecule has 0 fully saturated rings. The number of halogens is 1. The summed E-state index contributed by atoms with van der Waals surface area (Å²) in [6.07, 6.45) is 5.57. The Labute approximate surface area is 123 Å². The number of rotatable bonds is 6. The Morgan fingerprint density at radius 2 is 1.57 bits per heavy atom. The number of benzene rings is 2. The molecule has 0 aromatic heterocycles. The quantitative estimate of drug-likeness (QED) is 0.776. The third-order valence-electron chi connectivity index (χ3n) is 3.16. The van der Waals surface area contributed by atoms with E-state index in [9.17, 15) is 9.18 Å². The van der Waals surface area contributed by atoms with Crippen molar-refractivity contribution in [1.82, 2.24) is 0 Å². The Kier molecular flexibility index (Phi) is 5.27. The second-order valence-electron chi connectivity index (χ2n) is 4.82. The van der Waals surface area contributed by atoms with Gasteiger partial charge in [0.15, 0.2) is 0 Å². The smallest absolute Gasteiger partial charge is 0.303 e. The number of carboxylic acid groups (broad SMARTS) is 1. The molecule has 0 atom stereocenters. The highest BCUT2D eigenvalue weighted by Crippen LogP contribution is 2.20. The second-order valence-corrected chi connectivity index (χ2v) is 4.82. The maximum Gasteiger partial charge on any atom is 0.303 e. The van der Waals surface area contributed by atoms with Gasteiger partial charge in [-0.3, -0.25) is 4.79 Å². The molecular formula is C18H17FO2. The molecule has 0 unspecified atom stereocenters. The third kappa shape index (κ3) is 4.88. The Morgan fingerprint density at radius 1 is 1.00 bits per heavy atom. The van der Waals surface area contributed by atoms with Crippen LogP contribution in [0, 0.1) is 5.82 Å². The van der Waals surface area contributed by atoms with Crippen molar-refractivity contribution in [3.8, 4) is 11.1 Å². The molecule has 0 bridgehead atoms. The Bertz CT molecular complexity index is 613. The summed E-state index contributed by atoms with van der Waals surface area (Å²) in [7, 11) is 0. The van der Waals surface area contributed by atoms with Crippen LogP contribution in [0.2, 0.25) is 0 Å². The van der Waals surface area contributed by atoms with E-state index >= 15 is 0 Å². The van der Waals surface area contributed by atoms with Crippen molar-refractivity contribution >= 4 is 12.0 Å². The van der Waals surface area contributed by atoms with E-state index < -0.39 is 5.97 Å². The predicted octanol–water partition coefficient (Wildman–Crippen LogP) is 4.76. The number of hydrogen-bond acceptors (Lipinski definition) is 1. The fourth-order valence-corrected chi connectivity index (χ4v) is 2.02. The van der Waals surface area contributed by atoms with Crippen molar-refractivity contribution in [3.05, 3.63) is 66.0 Å². The molecule has 0 aliphatic carbocycles. The highest BCUT2D eigenvalue weighted by atomic mass is 19.1. The van der Waals surface area contributed by atoms with Crippen molar-refractivity contribution in [2.24, 2.45) is 0 Å². The number of carbonyl (C=O) groups is 1. The van der Waals surface area contributed by atoms with Crippen LogP contribution < -0.4 is 0 Å². The molecule has 0 aliphatic rings. The number of allylic oxidation sites excluding steroid dienone is 1. The molecule has 2 nitrogen and oxygen atoms in total. The molecule has 2 aromatic rings. The Balaban J connectivity index is 1.94. The van der Waals surface area contributed by atoms with Crippen LogP contribution in [0.1, 0.15) is 24.8 Å². The van der Waals surface area contributed by atoms with Crippen LogP contribution in [0.4, 0.5) is 4.39 Å². The molecule has 1 N–H and O–H groups in total. The molecule has 0 heterocycles. The number of carboxylic acids is 1. The van der Waals surface area contributed by atoms with E-state index in [0.29, 0.717) is 6.42 Å². The minimum absolute atomic E-state index is 0.202. The Morgan fingerprint density at radius 3 is 2.14 bits per heavy atom. The van der Waals surface area contributed by atoms with Gasteiger partial charge in [-0.1, -0.05) is 48.6 Å². The van der Waals surface area contributed by atoms with Crippen molar-refractivity contribution < 1.29 is 14.3 Å².